The molecule has 2 N–H and O–H groups in total. The van der Waals surface area contributed by atoms with Gasteiger partial charge in [0.15, 0.2) is 5.65 Å². The zero-order valence-corrected chi connectivity index (χ0v) is 20.3. The number of ether oxygens (including phenoxy) is 1. The third-order valence-corrected chi connectivity index (χ3v) is 7.85. The van der Waals surface area contributed by atoms with E-state index in [9.17, 15) is 14.0 Å². The smallest absolute Gasteiger partial charge is 0.274 e. The van der Waals surface area contributed by atoms with E-state index in [1.807, 2.05) is 12.1 Å². The van der Waals surface area contributed by atoms with Crippen LogP contribution in [0.3, 0.4) is 0 Å². The zero-order valence-electron chi connectivity index (χ0n) is 20.3. The van der Waals surface area contributed by atoms with Gasteiger partial charge in [0.25, 0.3) is 11.5 Å². The number of likely N-dealkylation sites (tertiary alicyclic amines) is 1. The Morgan fingerprint density at radius 2 is 1.92 bits per heavy atom. The minimum atomic E-state index is -0.446. The lowest BCUT2D eigenvalue weighted by Gasteiger charge is -2.38. The molecule has 0 bridgehead atoms. The number of halogens is 1. The van der Waals surface area contributed by atoms with Crippen LogP contribution in [0.1, 0.15) is 65.7 Å². The molecule has 3 fully saturated rings. The van der Waals surface area contributed by atoms with Gasteiger partial charge in [0.05, 0.1) is 19.0 Å². The van der Waals surface area contributed by atoms with Gasteiger partial charge in [0.1, 0.15) is 17.4 Å². The molecule has 0 spiro atoms. The number of benzene rings is 1. The van der Waals surface area contributed by atoms with Crippen molar-refractivity contribution in [3.63, 3.8) is 0 Å². The van der Waals surface area contributed by atoms with Gasteiger partial charge in [0.2, 0.25) is 0 Å². The first kappa shape index (κ1) is 23.4. The van der Waals surface area contributed by atoms with Crippen LogP contribution in [0, 0.1) is 5.92 Å². The fourth-order valence-corrected chi connectivity index (χ4v) is 5.75. The lowest BCUT2D eigenvalue weighted by molar-refractivity contribution is 0.0226. The van der Waals surface area contributed by atoms with Crippen LogP contribution < -0.4 is 10.9 Å². The average Bonchev–Trinajstić information content (AvgIpc) is 3.29. The van der Waals surface area contributed by atoms with E-state index in [2.05, 4.69) is 27.5 Å². The maximum Gasteiger partial charge on any atom is 0.274 e. The second kappa shape index (κ2) is 9.78. The van der Waals surface area contributed by atoms with E-state index in [0.29, 0.717) is 54.8 Å². The number of H-pyrrole nitrogens is 1. The molecule has 1 saturated carbocycles. The Hall–Kier alpha value is -3.04. The van der Waals surface area contributed by atoms with Gasteiger partial charge in [-0.2, -0.15) is 9.61 Å². The molecule has 6 rings (SSSR count). The number of nitrogens with one attached hydrogen (secondary N) is 2. The topological polar surface area (TPSA) is 91.7 Å². The first-order valence-electron chi connectivity index (χ1n) is 13.1. The van der Waals surface area contributed by atoms with Crippen LogP contribution in [0.5, 0.6) is 0 Å². The number of alkyl halides is 1. The quantitative estimate of drug-likeness (QED) is 0.568. The first-order valence-corrected chi connectivity index (χ1v) is 13.1. The van der Waals surface area contributed by atoms with Crippen molar-refractivity contribution in [3.05, 3.63) is 57.5 Å². The average molecular weight is 494 g/mol. The summed E-state index contributed by atoms with van der Waals surface area (Å²) in [7, 11) is 0. The van der Waals surface area contributed by atoms with E-state index in [1.165, 1.54) is 48.2 Å². The molecule has 4 heterocycles. The molecule has 1 unspecified atom stereocenters. The monoisotopic (exact) mass is 493 g/mol. The van der Waals surface area contributed by atoms with Crippen LogP contribution in [0.4, 0.5) is 4.39 Å². The highest BCUT2D eigenvalue weighted by atomic mass is 19.1. The number of carbonyl (C=O) groups is 1. The van der Waals surface area contributed by atoms with Crippen molar-refractivity contribution >= 4 is 11.6 Å². The van der Waals surface area contributed by atoms with Gasteiger partial charge >= 0.3 is 0 Å². The second-order valence-electron chi connectivity index (χ2n) is 10.3. The van der Waals surface area contributed by atoms with E-state index in [4.69, 9.17) is 4.74 Å². The van der Waals surface area contributed by atoms with Crippen molar-refractivity contribution in [2.45, 2.75) is 44.1 Å². The van der Waals surface area contributed by atoms with E-state index in [0.717, 1.165) is 12.1 Å². The van der Waals surface area contributed by atoms with Gasteiger partial charge in [-0.3, -0.25) is 14.0 Å². The van der Waals surface area contributed by atoms with Crippen LogP contribution in [0.2, 0.25) is 0 Å². The number of fused-ring (bicyclic) bond motifs is 1. The number of carbonyl (C=O) groups excluding carboxylic acids is 1. The van der Waals surface area contributed by atoms with Crippen LogP contribution in [0.25, 0.3) is 16.9 Å². The maximum absolute atomic E-state index is 13.6. The summed E-state index contributed by atoms with van der Waals surface area (Å²) in [5.74, 6) is 0.216. The van der Waals surface area contributed by atoms with Crippen LogP contribution in [-0.4, -0.2) is 64.9 Å². The molecule has 3 aliphatic rings. The summed E-state index contributed by atoms with van der Waals surface area (Å²) in [6.07, 6.45) is 5.88. The predicted molar refractivity (Wildman–Crippen MR) is 134 cm³/mol. The molecule has 3 aromatic rings. The zero-order chi connectivity index (χ0) is 24.6. The Balaban J connectivity index is 1.39. The molecule has 2 aliphatic heterocycles. The summed E-state index contributed by atoms with van der Waals surface area (Å²) in [6, 6.07) is 9.91. The molecular weight excluding hydrogens is 461 g/mol. The number of rotatable bonds is 5. The Labute approximate surface area is 208 Å². The number of hydrogen-bond acceptors (Lipinski definition) is 5. The minimum absolute atomic E-state index is 0.135. The number of morpholine rings is 1. The lowest BCUT2D eigenvalue weighted by atomic mass is 9.84. The highest BCUT2D eigenvalue weighted by molar-refractivity contribution is 6.01. The van der Waals surface area contributed by atoms with Crippen molar-refractivity contribution in [1.82, 2.24) is 24.8 Å². The number of aromatic nitrogens is 3. The summed E-state index contributed by atoms with van der Waals surface area (Å²) in [6.45, 7) is 1.99. The van der Waals surface area contributed by atoms with Gasteiger partial charge < -0.3 is 19.9 Å². The molecule has 9 heteroatoms. The Bertz CT molecular complexity index is 1300. The van der Waals surface area contributed by atoms with Crippen molar-refractivity contribution in [2.75, 3.05) is 39.5 Å². The fraction of sp³-hybridized carbons (Fsp3) is 0.519. The third kappa shape index (κ3) is 4.24. The molecule has 2 aromatic heterocycles. The SMILES string of the molecule is O=C(c1c(C2CNCCO2)nn2c(=O)cc(-c3ccc(C4CCCCC4)cc3)[nH]c12)N1CC(CF)C1. The summed E-state index contributed by atoms with van der Waals surface area (Å²) in [5, 5.41) is 7.80. The highest BCUT2D eigenvalue weighted by Gasteiger charge is 2.37. The van der Waals surface area contributed by atoms with Crippen molar-refractivity contribution in [3.8, 4) is 11.3 Å². The highest BCUT2D eigenvalue weighted by Crippen LogP contribution is 2.34. The third-order valence-electron chi connectivity index (χ3n) is 7.85. The Morgan fingerprint density at radius 3 is 2.61 bits per heavy atom. The normalized spacial score (nSPS) is 21.6. The van der Waals surface area contributed by atoms with Gasteiger partial charge in [-0.15, -0.1) is 0 Å². The summed E-state index contributed by atoms with van der Waals surface area (Å²) < 4.78 is 20.2. The first-order chi connectivity index (χ1) is 17.6. The molecular formula is C27H32FN5O3. The van der Waals surface area contributed by atoms with Gasteiger partial charge in [-0.05, 0) is 29.9 Å². The summed E-state index contributed by atoms with van der Waals surface area (Å²) >= 11 is 0. The molecule has 2 saturated heterocycles. The molecule has 1 aliphatic carbocycles. The van der Waals surface area contributed by atoms with Crippen LogP contribution in [0.15, 0.2) is 35.1 Å². The number of amides is 1. The van der Waals surface area contributed by atoms with E-state index in [-0.39, 0.29) is 17.4 Å². The van der Waals surface area contributed by atoms with Crippen LogP contribution >= 0.6 is 0 Å². The molecule has 1 amide bonds. The van der Waals surface area contributed by atoms with E-state index >= 15 is 0 Å². The van der Waals surface area contributed by atoms with Gasteiger partial charge in [-0.1, -0.05) is 43.5 Å². The van der Waals surface area contributed by atoms with E-state index < -0.39 is 12.8 Å². The number of hydrogen-bond donors (Lipinski definition) is 2. The largest absolute Gasteiger partial charge is 0.369 e. The molecule has 36 heavy (non-hydrogen) atoms. The lowest BCUT2D eigenvalue weighted by Crippen LogP contribution is -2.51. The molecule has 0 radical (unpaired) electrons. The fourth-order valence-electron chi connectivity index (χ4n) is 5.75. The number of aromatic amines is 1. The summed E-state index contributed by atoms with van der Waals surface area (Å²) in [5.41, 5.74) is 3.67. The van der Waals surface area contributed by atoms with Gasteiger partial charge in [0, 0.05) is 38.2 Å². The maximum atomic E-state index is 13.6. The van der Waals surface area contributed by atoms with E-state index in [1.54, 1.807) is 4.90 Å². The Kier molecular flexibility index (Phi) is 6.35. The molecule has 8 nitrogen and oxygen atoms in total. The minimum Gasteiger partial charge on any atom is -0.369 e. The standard InChI is InChI=1S/C27H32FN5O3/c28-13-17-15-32(16-17)27(35)24-25(22-14-29-10-11-36-22)31-33-23(34)12-21(30-26(24)33)20-8-6-19(7-9-20)18-4-2-1-3-5-18/h6-9,12,17-18,22,29-30H,1-5,10-11,13-16H2. The molecule has 1 atom stereocenters. The van der Waals surface area contributed by atoms with Crippen molar-refractivity contribution in [1.29, 1.82) is 0 Å². The summed E-state index contributed by atoms with van der Waals surface area (Å²) in [4.78, 5) is 31.7. The predicted octanol–water partition coefficient (Wildman–Crippen LogP) is 3.44. The van der Waals surface area contributed by atoms with Crippen molar-refractivity contribution in [2.24, 2.45) is 5.92 Å². The number of nitrogens with zero attached hydrogens (tertiary/aromatic N) is 3. The molecule has 190 valence electrons. The second-order valence-corrected chi connectivity index (χ2v) is 10.3. The van der Waals surface area contributed by atoms with Gasteiger partial charge in [-0.25, -0.2) is 0 Å². The van der Waals surface area contributed by atoms with Crippen LogP contribution in [-0.2, 0) is 4.74 Å². The molecule has 1 aromatic carbocycles. The van der Waals surface area contributed by atoms with Crippen molar-refractivity contribution < 1.29 is 13.9 Å². The Morgan fingerprint density at radius 1 is 1.14 bits per heavy atom.